The largest absolute Gasteiger partial charge is 0.492 e. The molecule has 0 radical (unpaired) electrons. The number of anilines is 2. The third-order valence-corrected chi connectivity index (χ3v) is 8.64. The normalized spacial score (nSPS) is 24.7. The molecule has 2 fully saturated rings. The number of piperidine rings is 1. The number of hydrogen-bond acceptors (Lipinski definition) is 8. The van der Waals surface area contributed by atoms with Crippen LogP contribution in [0.3, 0.4) is 0 Å². The number of para-hydroxylation sites is 1. The Hall–Kier alpha value is -4.28. The van der Waals surface area contributed by atoms with E-state index in [9.17, 15) is 14.4 Å². The van der Waals surface area contributed by atoms with Gasteiger partial charge in [-0.05, 0) is 36.1 Å². The summed E-state index contributed by atoms with van der Waals surface area (Å²) < 4.78 is 21.9. The molecule has 0 saturated carbocycles. The van der Waals surface area contributed by atoms with Crippen molar-refractivity contribution in [2.24, 2.45) is 0 Å². The quantitative estimate of drug-likeness (QED) is 0.589. The van der Waals surface area contributed by atoms with Crippen LogP contribution < -0.4 is 19.3 Å². The van der Waals surface area contributed by atoms with Crippen molar-refractivity contribution in [2.75, 3.05) is 51.3 Å². The number of fused-ring (bicyclic) bond motifs is 5. The number of methoxy groups -OCH3 is 4. The molecule has 2 aromatic rings. The first-order valence-electron chi connectivity index (χ1n) is 12.8. The van der Waals surface area contributed by atoms with Crippen LogP contribution in [-0.4, -0.2) is 76.0 Å². The Bertz CT molecular complexity index is 1440. The summed E-state index contributed by atoms with van der Waals surface area (Å²) in [5.74, 6) is 0.114. The maximum Gasteiger partial charge on any atom is 0.414 e. The fraction of sp³-hybridized carbons (Fsp3) is 0.429. The number of carbonyl (C=O) groups excluding carboxylic acids is 4. The van der Waals surface area contributed by atoms with E-state index in [2.05, 4.69) is 0 Å². The zero-order valence-electron chi connectivity index (χ0n) is 22.2. The maximum absolute atomic E-state index is 15.0. The highest BCUT2D eigenvalue weighted by Crippen LogP contribution is 2.61. The first-order valence-corrected chi connectivity index (χ1v) is 12.8. The minimum absolute atomic E-state index is 0.113. The van der Waals surface area contributed by atoms with Crippen LogP contribution >= 0.6 is 0 Å². The molecule has 2 atom stereocenters. The smallest absolute Gasteiger partial charge is 0.414 e. The summed E-state index contributed by atoms with van der Waals surface area (Å²) in [4.78, 5) is 58.3. The van der Waals surface area contributed by atoms with E-state index < -0.39 is 23.3 Å². The molecule has 0 N–H and O–H groups in total. The van der Waals surface area contributed by atoms with E-state index >= 15 is 4.79 Å². The molecular weight excluding hydrogens is 506 g/mol. The lowest BCUT2D eigenvalue weighted by Gasteiger charge is -2.58. The van der Waals surface area contributed by atoms with Gasteiger partial charge in [-0.3, -0.25) is 24.3 Å². The third-order valence-electron chi connectivity index (χ3n) is 8.64. The summed E-state index contributed by atoms with van der Waals surface area (Å²) >= 11 is 0. The molecular formula is C28H29N3O8. The van der Waals surface area contributed by atoms with Gasteiger partial charge in [0.2, 0.25) is 5.91 Å². The molecule has 3 amide bonds. The summed E-state index contributed by atoms with van der Waals surface area (Å²) in [5.41, 5.74) is 0.368. The van der Waals surface area contributed by atoms with Crippen LogP contribution in [0.5, 0.6) is 11.5 Å². The van der Waals surface area contributed by atoms with Crippen molar-refractivity contribution in [3.8, 4) is 11.5 Å². The fourth-order valence-corrected chi connectivity index (χ4v) is 7.12. The van der Waals surface area contributed by atoms with Gasteiger partial charge in [-0.1, -0.05) is 18.2 Å². The van der Waals surface area contributed by atoms with E-state index in [-0.39, 0.29) is 37.5 Å². The highest BCUT2D eigenvalue weighted by atomic mass is 16.5. The molecule has 2 aromatic carbocycles. The Labute approximate surface area is 225 Å². The zero-order chi connectivity index (χ0) is 27.7. The van der Waals surface area contributed by atoms with Crippen molar-refractivity contribution in [2.45, 2.75) is 36.8 Å². The Morgan fingerprint density at radius 3 is 2.26 bits per heavy atom. The number of ether oxygens (including phenoxy) is 4. The Morgan fingerprint density at radius 1 is 0.846 bits per heavy atom. The van der Waals surface area contributed by atoms with E-state index in [1.54, 1.807) is 0 Å². The molecule has 11 nitrogen and oxygen atoms in total. The Morgan fingerprint density at radius 2 is 1.56 bits per heavy atom. The van der Waals surface area contributed by atoms with Gasteiger partial charge >= 0.3 is 12.2 Å². The van der Waals surface area contributed by atoms with Crippen molar-refractivity contribution in [1.29, 1.82) is 0 Å². The van der Waals surface area contributed by atoms with Crippen LogP contribution in [0.4, 0.5) is 21.0 Å². The van der Waals surface area contributed by atoms with Crippen LogP contribution in [-0.2, 0) is 30.9 Å². The van der Waals surface area contributed by atoms with Gasteiger partial charge in [0, 0.05) is 31.5 Å². The topological polar surface area (TPSA) is 115 Å². The molecule has 11 heteroatoms. The number of amides is 3. The molecule has 2 saturated heterocycles. The number of likely N-dealkylation sites (tertiary alicyclic amines) is 1. The van der Waals surface area contributed by atoms with E-state index in [1.807, 2.05) is 30.3 Å². The Balaban J connectivity index is 1.68. The van der Waals surface area contributed by atoms with Gasteiger partial charge in [0.05, 0.1) is 45.2 Å². The van der Waals surface area contributed by atoms with Gasteiger partial charge in [0.25, 0.3) is 0 Å². The molecule has 39 heavy (non-hydrogen) atoms. The lowest BCUT2D eigenvalue weighted by atomic mass is 9.59. The van der Waals surface area contributed by atoms with Crippen molar-refractivity contribution in [3.05, 3.63) is 47.0 Å². The standard InChI is InChI=1S/C28H29N3O8/c1-36-22-18(15-16-10-13-29(25(34)38-3)21(16)23(22)37-2)27-12-14-30(26(35)39-4)28(24(27)33)11-9-20(32)31(28)19-8-6-5-7-17(19)27/h5-8,15H,9-14H2,1-4H3/t27-,28-/m1/s1. The lowest BCUT2D eigenvalue weighted by Crippen LogP contribution is -2.75. The van der Waals surface area contributed by atoms with Crippen molar-refractivity contribution >= 4 is 35.3 Å². The first kappa shape index (κ1) is 25.0. The number of carbonyl (C=O) groups is 4. The molecule has 0 unspecified atom stereocenters. The number of Topliss-reactive ketones (excluding diaryl/α,β-unsaturated/α-hetero) is 1. The van der Waals surface area contributed by atoms with Gasteiger partial charge in [-0.15, -0.1) is 0 Å². The number of nitrogens with zero attached hydrogens (tertiary/aromatic N) is 3. The lowest BCUT2D eigenvalue weighted by molar-refractivity contribution is -0.141. The minimum atomic E-state index is -1.54. The molecule has 4 aliphatic rings. The Kier molecular flexibility index (Phi) is 5.53. The highest BCUT2D eigenvalue weighted by Gasteiger charge is 2.70. The molecule has 0 aromatic heterocycles. The predicted octanol–water partition coefficient (Wildman–Crippen LogP) is 3.00. The minimum Gasteiger partial charge on any atom is -0.492 e. The molecule has 2 bridgehead atoms. The predicted molar refractivity (Wildman–Crippen MR) is 138 cm³/mol. The maximum atomic E-state index is 15.0. The molecule has 1 spiro atoms. The summed E-state index contributed by atoms with van der Waals surface area (Å²) in [6.45, 7) is 0.554. The van der Waals surface area contributed by atoms with E-state index in [1.165, 1.54) is 43.1 Å². The first-order chi connectivity index (χ1) is 18.8. The summed E-state index contributed by atoms with van der Waals surface area (Å²) in [7, 11) is 5.57. The van der Waals surface area contributed by atoms with Crippen LogP contribution in [0.1, 0.15) is 36.0 Å². The van der Waals surface area contributed by atoms with Crippen LogP contribution in [0.2, 0.25) is 0 Å². The van der Waals surface area contributed by atoms with E-state index in [4.69, 9.17) is 18.9 Å². The van der Waals surface area contributed by atoms with Gasteiger partial charge in [0.15, 0.2) is 22.9 Å². The van der Waals surface area contributed by atoms with Crippen molar-refractivity contribution in [3.63, 3.8) is 0 Å². The fourth-order valence-electron chi connectivity index (χ4n) is 7.12. The SMILES string of the molecule is COC(=O)N1CCc2cc([C@@]34CCN(C(=O)OC)[C@@]5(CCC(=O)N5c5ccccc53)C4=O)c(OC)c(OC)c21. The summed E-state index contributed by atoms with van der Waals surface area (Å²) in [5, 5.41) is 0. The second kappa shape index (κ2) is 8.62. The molecule has 4 heterocycles. The van der Waals surface area contributed by atoms with Gasteiger partial charge in [-0.25, -0.2) is 9.59 Å². The van der Waals surface area contributed by atoms with Gasteiger partial charge < -0.3 is 18.9 Å². The van der Waals surface area contributed by atoms with Crippen LogP contribution in [0, 0.1) is 0 Å². The van der Waals surface area contributed by atoms with Gasteiger partial charge in [0.1, 0.15) is 0 Å². The highest BCUT2D eigenvalue weighted by molar-refractivity contribution is 6.17. The summed E-state index contributed by atoms with van der Waals surface area (Å²) in [6.07, 6.45) is -0.166. The number of benzene rings is 2. The molecule has 6 rings (SSSR count). The monoisotopic (exact) mass is 535 g/mol. The van der Waals surface area contributed by atoms with Crippen molar-refractivity contribution < 1.29 is 38.1 Å². The molecule has 0 aliphatic carbocycles. The molecule has 4 aliphatic heterocycles. The average Bonchev–Trinajstić information content (AvgIpc) is 3.53. The van der Waals surface area contributed by atoms with Crippen molar-refractivity contribution in [1.82, 2.24) is 4.90 Å². The average molecular weight is 536 g/mol. The molecule has 204 valence electrons. The second-order valence-corrected chi connectivity index (χ2v) is 10.0. The van der Waals surface area contributed by atoms with Crippen LogP contribution in [0.15, 0.2) is 30.3 Å². The second-order valence-electron chi connectivity index (χ2n) is 10.0. The number of rotatable bonds is 3. The third kappa shape index (κ3) is 2.92. The zero-order valence-corrected chi connectivity index (χ0v) is 22.2. The van der Waals surface area contributed by atoms with Crippen LogP contribution in [0.25, 0.3) is 0 Å². The number of ketones is 1. The van der Waals surface area contributed by atoms with E-state index in [0.29, 0.717) is 47.0 Å². The van der Waals surface area contributed by atoms with Gasteiger partial charge in [-0.2, -0.15) is 0 Å². The summed E-state index contributed by atoms with van der Waals surface area (Å²) in [6, 6.07) is 9.22. The number of hydrogen-bond donors (Lipinski definition) is 0. The van der Waals surface area contributed by atoms with E-state index in [0.717, 1.165) is 5.56 Å².